The van der Waals surface area contributed by atoms with Crippen LogP contribution in [-0.2, 0) is 13.0 Å². The quantitative estimate of drug-likeness (QED) is 0.774. The maximum Gasteiger partial charge on any atom is 0.0703 e. The van der Waals surface area contributed by atoms with Gasteiger partial charge in [0.15, 0.2) is 0 Å². The van der Waals surface area contributed by atoms with Crippen molar-refractivity contribution in [1.29, 1.82) is 5.26 Å². The van der Waals surface area contributed by atoms with E-state index < -0.39 is 0 Å². The minimum atomic E-state index is -0.0586. The Hall–Kier alpha value is -1.33. The first-order valence-corrected chi connectivity index (χ1v) is 7.35. The molecule has 1 aliphatic rings. The zero-order valence-electron chi connectivity index (χ0n) is 12.2. The lowest BCUT2D eigenvalue weighted by Gasteiger charge is -2.38. The Balaban J connectivity index is 1.88. The van der Waals surface area contributed by atoms with Crippen LogP contribution in [0.3, 0.4) is 0 Å². The SMILES string of the molecule is CCCc1ccc(CN(C)CC2(C#N)CCC2)cc1. The van der Waals surface area contributed by atoms with Crippen molar-refractivity contribution in [2.24, 2.45) is 5.41 Å². The third-order valence-corrected chi connectivity index (χ3v) is 4.13. The van der Waals surface area contributed by atoms with Gasteiger partial charge in [-0.05, 0) is 37.4 Å². The fraction of sp³-hybridized carbons (Fsp3) is 0.588. The third kappa shape index (κ3) is 3.58. The molecule has 0 heterocycles. The average molecular weight is 256 g/mol. The third-order valence-electron chi connectivity index (χ3n) is 4.13. The number of aryl methyl sites for hydroxylation is 1. The first-order valence-electron chi connectivity index (χ1n) is 7.35. The largest absolute Gasteiger partial charge is 0.301 e. The van der Waals surface area contributed by atoms with Crippen LogP contribution in [0.25, 0.3) is 0 Å². The van der Waals surface area contributed by atoms with Crippen molar-refractivity contribution in [3.8, 4) is 6.07 Å². The van der Waals surface area contributed by atoms with Crippen LogP contribution in [-0.4, -0.2) is 18.5 Å². The molecule has 102 valence electrons. The van der Waals surface area contributed by atoms with Crippen molar-refractivity contribution in [2.75, 3.05) is 13.6 Å². The number of nitrogens with zero attached hydrogens (tertiary/aromatic N) is 2. The van der Waals surface area contributed by atoms with E-state index in [-0.39, 0.29) is 5.41 Å². The molecule has 0 N–H and O–H groups in total. The summed E-state index contributed by atoms with van der Waals surface area (Å²) in [5.74, 6) is 0. The second kappa shape index (κ2) is 6.21. The van der Waals surface area contributed by atoms with E-state index in [1.807, 2.05) is 0 Å². The summed E-state index contributed by atoms with van der Waals surface area (Å²) in [6, 6.07) is 11.4. The molecule has 0 aromatic heterocycles. The highest BCUT2D eigenvalue weighted by atomic mass is 15.1. The van der Waals surface area contributed by atoms with Gasteiger partial charge >= 0.3 is 0 Å². The first kappa shape index (κ1) is 14.1. The molecule has 0 atom stereocenters. The average Bonchev–Trinajstić information content (AvgIpc) is 2.37. The van der Waals surface area contributed by atoms with E-state index in [0.717, 1.165) is 32.4 Å². The highest BCUT2D eigenvalue weighted by Gasteiger charge is 2.37. The minimum absolute atomic E-state index is 0.0586. The summed E-state index contributed by atoms with van der Waals surface area (Å²) in [4.78, 5) is 2.29. The van der Waals surface area contributed by atoms with E-state index in [2.05, 4.69) is 49.2 Å². The number of hydrogen-bond donors (Lipinski definition) is 0. The normalized spacial score (nSPS) is 16.9. The Kier molecular flexibility index (Phi) is 4.61. The van der Waals surface area contributed by atoms with Crippen molar-refractivity contribution >= 4 is 0 Å². The molecule has 2 heteroatoms. The fourth-order valence-corrected chi connectivity index (χ4v) is 2.89. The molecule has 0 spiro atoms. The molecular formula is C17H24N2. The molecule has 2 rings (SSSR count). The maximum atomic E-state index is 9.27. The molecule has 0 amide bonds. The highest BCUT2D eigenvalue weighted by molar-refractivity contribution is 5.22. The highest BCUT2D eigenvalue weighted by Crippen LogP contribution is 2.40. The van der Waals surface area contributed by atoms with Gasteiger partial charge in [0.1, 0.15) is 0 Å². The van der Waals surface area contributed by atoms with Gasteiger partial charge in [0, 0.05) is 13.1 Å². The van der Waals surface area contributed by atoms with Crippen molar-refractivity contribution in [2.45, 2.75) is 45.6 Å². The standard InChI is InChI=1S/C17H24N2/c1-3-5-15-6-8-16(9-7-15)12-19(2)14-17(13-18)10-4-11-17/h6-9H,3-5,10-12,14H2,1-2H3. The molecule has 1 fully saturated rings. The topological polar surface area (TPSA) is 27.0 Å². The van der Waals surface area contributed by atoms with E-state index in [1.165, 1.54) is 24.0 Å². The summed E-state index contributed by atoms with van der Waals surface area (Å²) >= 11 is 0. The maximum absolute atomic E-state index is 9.27. The second-order valence-corrected chi connectivity index (χ2v) is 5.98. The zero-order chi connectivity index (χ0) is 13.7. The molecule has 1 saturated carbocycles. The monoisotopic (exact) mass is 256 g/mol. The van der Waals surface area contributed by atoms with Crippen LogP contribution in [0, 0.1) is 16.7 Å². The predicted octanol–water partition coefficient (Wildman–Crippen LogP) is 3.76. The summed E-state index contributed by atoms with van der Waals surface area (Å²) in [5.41, 5.74) is 2.70. The van der Waals surface area contributed by atoms with Crippen LogP contribution in [0.2, 0.25) is 0 Å². The Morgan fingerprint density at radius 1 is 1.21 bits per heavy atom. The van der Waals surface area contributed by atoms with Crippen LogP contribution >= 0.6 is 0 Å². The van der Waals surface area contributed by atoms with Gasteiger partial charge < -0.3 is 4.90 Å². The van der Waals surface area contributed by atoms with E-state index in [0.29, 0.717) is 0 Å². The molecule has 0 radical (unpaired) electrons. The fourth-order valence-electron chi connectivity index (χ4n) is 2.89. The van der Waals surface area contributed by atoms with Crippen LogP contribution in [0.1, 0.15) is 43.7 Å². The van der Waals surface area contributed by atoms with Crippen LogP contribution in [0.15, 0.2) is 24.3 Å². The Morgan fingerprint density at radius 2 is 1.84 bits per heavy atom. The Bertz CT molecular complexity index is 437. The summed E-state index contributed by atoms with van der Waals surface area (Å²) in [6.45, 7) is 4.05. The molecular weight excluding hydrogens is 232 g/mol. The molecule has 0 aliphatic heterocycles. The van der Waals surface area contributed by atoms with E-state index in [1.54, 1.807) is 0 Å². The van der Waals surface area contributed by atoms with Crippen molar-refractivity contribution in [3.63, 3.8) is 0 Å². The number of benzene rings is 1. The predicted molar refractivity (Wildman–Crippen MR) is 78.7 cm³/mol. The summed E-state index contributed by atoms with van der Waals surface area (Å²) in [6.07, 6.45) is 5.72. The molecule has 1 aliphatic carbocycles. The molecule has 2 nitrogen and oxygen atoms in total. The second-order valence-electron chi connectivity index (χ2n) is 5.98. The van der Waals surface area contributed by atoms with Crippen LogP contribution in [0.5, 0.6) is 0 Å². The first-order chi connectivity index (χ1) is 9.17. The molecule has 0 unspecified atom stereocenters. The van der Waals surface area contributed by atoms with E-state index >= 15 is 0 Å². The van der Waals surface area contributed by atoms with Gasteiger partial charge in [-0.1, -0.05) is 44.0 Å². The molecule has 19 heavy (non-hydrogen) atoms. The van der Waals surface area contributed by atoms with Crippen LogP contribution in [0.4, 0.5) is 0 Å². The van der Waals surface area contributed by atoms with E-state index in [4.69, 9.17) is 0 Å². The molecule has 0 saturated heterocycles. The Morgan fingerprint density at radius 3 is 2.32 bits per heavy atom. The van der Waals surface area contributed by atoms with Crippen molar-refractivity contribution in [3.05, 3.63) is 35.4 Å². The lowest BCUT2D eigenvalue weighted by Crippen LogP contribution is -2.39. The van der Waals surface area contributed by atoms with Gasteiger partial charge in [0.2, 0.25) is 0 Å². The minimum Gasteiger partial charge on any atom is -0.301 e. The number of hydrogen-bond acceptors (Lipinski definition) is 2. The summed E-state index contributed by atoms with van der Waals surface area (Å²) < 4.78 is 0. The number of nitriles is 1. The van der Waals surface area contributed by atoms with Crippen molar-refractivity contribution < 1.29 is 0 Å². The summed E-state index contributed by atoms with van der Waals surface area (Å²) in [5, 5.41) is 9.27. The lowest BCUT2D eigenvalue weighted by atomic mass is 9.69. The smallest absolute Gasteiger partial charge is 0.0703 e. The lowest BCUT2D eigenvalue weighted by molar-refractivity contribution is 0.134. The van der Waals surface area contributed by atoms with Gasteiger partial charge in [0.25, 0.3) is 0 Å². The molecule has 0 bridgehead atoms. The van der Waals surface area contributed by atoms with Crippen LogP contribution < -0.4 is 0 Å². The number of rotatable bonds is 6. The van der Waals surface area contributed by atoms with Crippen molar-refractivity contribution in [1.82, 2.24) is 4.90 Å². The van der Waals surface area contributed by atoms with Gasteiger partial charge in [0.05, 0.1) is 11.5 Å². The van der Waals surface area contributed by atoms with Gasteiger partial charge in [-0.25, -0.2) is 0 Å². The van der Waals surface area contributed by atoms with Gasteiger partial charge in [-0.15, -0.1) is 0 Å². The molecule has 1 aromatic rings. The Labute approximate surface area is 117 Å². The van der Waals surface area contributed by atoms with E-state index in [9.17, 15) is 5.26 Å². The zero-order valence-corrected chi connectivity index (χ0v) is 12.2. The molecule has 1 aromatic carbocycles. The van der Waals surface area contributed by atoms with Gasteiger partial charge in [-0.2, -0.15) is 5.26 Å². The summed E-state index contributed by atoms with van der Waals surface area (Å²) in [7, 11) is 2.12. The van der Waals surface area contributed by atoms with Gasteiger partial charge in [-0.3, -0.25) is 0 Å².